The first-order chi connectivity index (χ1) is 17.6. The number of aryl methyl sites for hydroxylation is 1. The molecule has 0 spiro atoms. The van der Waals surface area contributed by atoms with Crippen LogP contribution in [0.3, 0.4) is 0 Å². The van der Waals surface area contributed by atoms with Gasteiger partial charge in [-0.05, 0) is 66.3 Å². The first kappa shape index (κ1) is 22.8. The minimum atomic E-state index is -0.132. The molecule has 0 atom stereocenters. The molecule has 3 heterocycles. The van der Waals surface area contributed by atoms with Gasteiger partial charge >= 0.3 is 6.01 Å². The molecule has 186 valence electrons. The number of nitrogen functional groups attached to an aromatic ring is 1. The largest absolute Gasteiger partial charge is 0.480 e. The van der Waals surface area contributed by atoms with Gasteiger partial charge in [-0.2, -0.15) is 15.0 Å². The normalized spacial score (nSPS) is 16.4. The smallest absolute Gasteiger partial charge is 0.320 e. The van der Waals surface area contributed by atoms with E-state index in [1.54, 1.807) is 4.57 Å². The second kappa shape index (κ2) is 9.78. The number of aromatic hydroxyl groups is 1. The first-order valence-corrected chi connectivity index (χ1v) is 12.9. The number of aromatic nitrogens is 4. The van der Waals surface area contributed by atoms with Crippen molar-refractivity contribution in [1.29, 1.82) is 0 Å². The standard InChI is InChI=1S/C28H32N6O2/c29-25-24-26-33-27(32-25)36-14-3-1-2-5-21-15-19(17-34(26)28(35)31-24)10-13-23(21)20-11-8-18(9-12-20)16-30-22-6-4-7-22/h8-13,15,22,30H,1-7,14,16-17H2,(H,31,35)(H2,29,32,33). The zero-order chi connectivity index (χ0) is 24.5. The Labute approximate surface area is 210 Å². The second-order valence-electron chi connectivity index (χ2n) is 9.92. The van der Waals surface area contributed by atoms with Crippen molar-refractivity contribution in [3.05, 3.63) is 59.2 Å². The van der Waals surface area contributed by atoms with E-state index in [0.29, 0.717) is 30.4 Å². The maximum absolute atomic E-state index is 10.6. The number of rotatable bonds is 4. The van der Waals surface area contributed by atoms with Crippen molar-refractivity contribution in [3.8, 4) is 23.1 Å². The van der Waals surface area contributed by atoms with Gasteiger partial charge in [-0.25, -0.2) is 0 Å². The molecule has 1 saturated carbocycles. The average Bonchev–Trinajstić information content (AvgIpc) is 3.16. The number of ether oxygens (including phenoxy) is 1. The van der Waals surface area contributed by atoms with E-state index in [1.807, 2.05) is 0 Å². The van der Waals surface area contributed by atoms with E-state index in [1.165, 1.54) is 41.5 Å². The molecule has 2 aromatic carbocycles. The highest BCUT2D eigenvalue weighted by atomic mass is 16.5. The Balaban J connectivity index is 1.31. The summed E-state index contributed by atoms with van der Waals surface area (Å²) < 4.78 is 7.43. The fourth-order valence-electron chi connectivity index (χ4n) is 5.05. The summed E-state index contributed by atoms with van der Waals surface area (Å²) in [4.78, 5) is 12.9. The second-order valence-corrected chi connectivity index (χ2v) is 9.92. The molecule has 0 saturated heterocycles. The highest BCUT2D eigenvalue weighted by Gasteiger charge is 2.19. The van der Waals surface area contributed by atoms with Gasteiger partial charge in [0.25, 0.3) is 6.01 Å². The minimum absolute atomic E-state index is 0.132. The van der Waals surface area contributed by atoms with Gasteiger partial charge in [0.05, 0.1) is 13.2 Å². The van der Waals surface area contributed by atoms with Crippen molar-refractivity contribution in [1.82, 2.24) is 24.8 Å². The third kappa shape index (κ3) is 4.60. The number of anilines is 1. The van der Waals surface area contributed by atoms with E-state index in [9.17, 15) is 5.11 Å². The lowest BCUT2D eigenvalue weighted by atomic mass is 9.92. The molecule has 0 radical (unpaired) electrons. The molecule has 8 nitrogen and oxygen atoms in total. The predicted molar refractivity (Wildman–Crippen MR) is 140 cm³/mol. The predicted octanol–water partition coefficient (Wildman–Crippen LogP) is 4.58. The molecule has 1 aliphatic heterocycles. The summed E-state index contributed by atoms with van der Waals surface area (Å²) in [6.07, 6.45) is 7.94. The van der Waals surface area contributed by atoms with Crippen LogP contribution in [0.1, 0.15) is 55.2 Å². The highest BCUT2D eigenvalue weighted by Crippen LogP contribution is 2.30. The molecule has 1 aliphatic carbocycles. The maximum Gasteiger partial charge on any atom is 0.320 e. The highest BCUT2D eigenvalue weighted by molar-refractivity contribution is 5.83. The molecule has 4 bridgehead atoms. The van der Waals surface area contributed by atoms with Crippen molar-refractivity contribution in [3.63, 3.8) is 0 Å². The minimum Gasteiger partial charge on any atom is -0.480 e. The van der Waals surface area contributed by atoms with Crippen LogP contribution < -0.4 is 15.8 Å². The van der Waals surface area contributed by atoms with Gasteiger partial charge in [0, 0.05) is 12.6 Å². The third-order valence-electron chi connectivity index (χ3n) is 7.38. The van der Waals surface area contributed by atoms with Crippen LogP contribution in [0.25, 0.3) is 22.3 Å². The number of benzene rings is 2. The Morgan fingerprint density at radius 1 is 1.00 bits per heavy atom. The average molecular weight is 485 g/mol. The number of hydrogen-bond donors (Lipinski definition) is 3. The summed E-state index contributed by atoms with van der Waals surface area (Å²) in [5.74, 6) is 0.207. The fraction of sp³-hybridized carbons (Fsp3) is 0.393. The Hall–Kier alpha value is -3.65. The Bertz CT molecular complexity index is 1380. The van der Waals surface area contributed by atoms with Gasteiger partial charge in [-0.15, -0.1) is 0 Å². The molecule has 1 fully saturated rings. The van der Waals surface area contributed by atoms with E-state index in [2.05, 4.69) is 62.7 Å². The SMILES string of the molecule is Nc1nc2nc3c1nc(O)n3Cc1ccc(-c3ccc(CNC4CCC4)cc3)c(c1)CCCCCO2. The lowest BCUT2D eigenvalue weighted by Gasteiger charge is -2.26. The van der Waals surface area contributed by atoms with Crippen molar-refractivity contribution < 1.29 is 9.84 Å². The van der Waals surface area contributed by atoms with Gasteiger partial charge in [0.15, 0.2) is 17.0 Å². The summed E-state index contributed by atoms with van der Waals surface area (Å²) in [6.45, 7) is 1.88. The number of nitrogens with zero attached hydrogens (tertiary/aromatic N) is 4. The lowest BCUT2D eigenvalue weighted by Crippen LogP contribution is -2.34. The molecular weight excluding hydrogens is 452 g/mol. The lowest BCUT2D eigenvalue weighted by molar-refractivity contribution is 0.283. The monoisotopic (exact) mass is 484 g/mol. The molecule has 4 aromatic rings. The molecule has 36 heavy (non-hydrogen) atoms. The van der Waals surface area contributed by atoms with Crippen LogP contribution >= 0.6 is 0 Å². The van der Waals surface area contributed by atoms with Crippen LogP contribution in [-0.4, -0.2) is 37.3 Å². The van der Waals surface area contributed by atoms with Gasteiger partial charge in [0.1, 0.15) is 0 Å². The van der Waals surface area contributed by atoms with E-state index in [-0.39, 0.29) is 17.8 Å². The molecule has 8 heteroatoms. The summed E-state index contributed by atoms with van der Waals surface area (Å²) in [5.41, 5.74) is 13.1. The number of hydrogen-bond acceptors (Lipinski definition) is 7. The zero-order valence-electron chi connectivity index (χ0n) is 20.4. The first-order valence-electron chi connectivity index (χ1n) is 12.9. The van der Waals surface area contributed by atoms with E-state index >= 15 is 0 Å². The molecule has 6 rings (SSSR count). The van der Waals surface area contributed by atoms with Gasteiger partial charge in [-0.3, -0.25) is 4.57 Å². The maximum atomic E-state index is 10.6. The van der Waals surface area contributed by atoms with Gasteiger partial charge in [0.2, 0.25) is 0 Å². The number of nitrogens with one attached hydrogen (secondary N) is 1. The van der Waals surface area contributed by atoms with Crippen LogP contribution in [-0.2, 0) is 19.5 Å². The molecule has 2 aromatic heterocycles. The van der Waals surface area contributed by atoms with Crippen molar-refractivity contribution in [2.75, 3.05) is 12.3 Å². The zero-order valence-corrected chi connectivity index (χ0v) is 20.4. The molecule has 2 aliphatic rings. The summed E-state index contributed by atoms with van der Waals surface area (Å²) in [6, 6.07) is 16.3. The van der Waals surface area contributed by atoms with Gasteiger partial charge < -0.3 is 20.9 Å². The molecular formula is C28H32N6O2. The van der Waals surface area contributed by atoms with Crippen molar-refractivity contribution >= 4 is 17.0 Å². The van der Waals surface area contributed by atoms with Crippen molar-refractivity contribution in [2.45, 2.75) is 64.1 Å². The molecule has 0 amide bonds. The Morgan fingerprint density at radius 3 is 2.67 bits per heavy atom. The van der Waals surface area contributed by atoms with Crippen LogP contribution in [0, 0.1) is 0 Å². The van der Waals surface area contributed by atoms with E-state index < -0.39 is 0 Å². The summed E-state index contributed by atoms with van der Waals surface area (Å²) in [5, 5.41) is 14.2. The topological polar surface area (TPSA) is 111 Å². The Kier molecular flexibility index (Phi) is 6.19. The number of imidazole rings is 1. The molecule has 0 unspecified atom stereocenters. The summed E-state index contributed by atoms with van der Waals surface area (Å²) in [7, 11) is 0. The summed E-state index contributed by atoms with van der Waals surface area (Å²) >= 11 is 0. The molecule has 4 N–H and O–H groups in total. The van der Waals surface area contributed by atoms with Gasteiger partial charge in [-0.1, -0.05) is 48.9 Å². The fourth-order valence-corrected chi connectivity index (χ4v) is 5.05. The van der Waals surface area contributed by atoms with E-state index in [4.69, 9.17) is 10.5 Å². The third-order valence-corrected chi connectivity index (χ3v) is 7.38. The number of nitrogens with two attached hydrogens (primary N) is 1. The van der Waals surface area contributed by atoms with Crippen molar-refractivity contribution in [2.24, 2.45) is 0 Å². The van der Waals surface area contributed by atoms with Crippen LogP contribution in [0.15, 0.2) is 42.5 Å². The number of fused-ring (bicyclic) bond motifs is 3. The van der Waals surface area contributed by atoms with Crippen LogP contribution in [0.2, 0.25) is 0 Å². The van der Waals surface area contributed by atoms with Crippen LogP contribution in [0.4, 0.5) is 5.82 Å². The quantitative estimate of drug-likeness (QED) is 0.389. The van der Waals surface area contributed by atoms with E-state index in [0.717, 1.165) is 37.8 Å². The van der Waals surface area contributed by atoms with Crippen LogP contribution in [0.5, 0.6) is 12.0 Å². The Morgan fingerprint density at radius 2 is 1.86 bits per heavy atom.